The highest BCUT2D eigenvalue weighted by molar-refractivity contribution is 5.94. The number of fused-ring (bicyclic) bond motifs is 3. The first kappa shape index (κ1) is 24.3. The fraction of sp³-hybridized carbons (Fsp3) is 0.346. The minimum atomic E-state index is -4.71. The summed E-state index contributed by atoms with van der Waals surface area (Å²) in [5.74, 6) is -1.97. The molecule has 1 amide bonds. The number of hydrazine groups is 1. The Morgan fingerprint density at radius 1 is 1.08 bits per heavy atom. The van der Waals surface area contributed by atoms with E-state index in [0.717, 1.165) is 23.6 Å². The molecule has 10 heteroatoms. The zero-order chi connectivity index (χ0) is 25.6. The molecule has 190 valence electrons. The normalized spacial score (nSPS) is 22.7. The van der Waals surface area contributed by atoms with Crippen molar-refractivity contribution in [1.29, 1.82) is 0 Å². The number of carbonyl (C=O) groups is 1. The average molecular weight is 503 g/mol. The van der Waals surface area contributed by atoms with Gasteiger partial charge in [-0.1, -0.05) is 36.4 Å². The fourth-order valence-electron chi connectivity index (χ4n) is 5.05. The molecule has 1 aliphatic carbocycles. The lowest BCUT2D eigenvalue weighted by Crippen LogP contribution is -2.62. The van der Waals surface area contributed by atoms with E-state index in [-0.39, 0.29) is 18.9 Å². The molecule has 0 aromatic heterocycles. The number of halogens is 4. The van der Waals surface area contributed by atoms with Gasteiger partial charge in [0, 0.05) is 11.8 Å². The summed E-state index contributed by atoms with van der Waals surface area (Å²) in [6.45, 7) is 0.184. The summed E-state index contributed by atoms with van der Waals surface area (Å²) >= 11 is 0. The molecule has 5 rings (SSSR count). The van der Waals surface area contributed by atoms with Crippen LogP contribution >= 0.6 is 0 Å². The van der Waals surface area contributed by atoms with Gasteiger partial charge in [-0.3, -0.25) is 9.80 Å². The molecule has 1 N–H and O–H groups in total. The lowest BCUT2D eigenvalue weighted by molar-refractivity contribution is -0.204. The summed E-state index contributed by atoms with van der Waals surface area (Å²) in [5, 5.41) is 13.6. The Labute approximate surface area is 205 Å². The van der Waals surface area contributed by atoms with Crippen molar-refractivity contribution in [3.05, 3.63) is 94.3 Å². The number of aliphatic hydroxyl groups excluding tert-OH is 1. The maximum Gasteiger partial charge on any atom is 0.408 e. The van der Waals surface area contributed by atoms with E-state index >= 15 is 4.39 Å². The lowest BCUT2D eigenvalue weighted by atomic mass is 9.93. The molecule has 6 nitrogen and oxygen atoms in total. The summed E-state index contributed by atoms with van der Waals surface area (Å²) in [6.07, 6.45) is -0.464. The number of aliphatic hydroxyl groups is 1. The van der Waals surface area contributed by atoms with Crippen LogP contribution in [0.5, 0.6) is 0 Å². The van der Waals surface area contributed by atoms with Crippen molar-refractivity contribution >= 4 is 5.91 Å². The predicted molar refractivity (Wildman–Crippen MR) is 123 cm³/mol. The number of rotatable bonds is 2. The highest BCUT2D eigenvalue weighted by Crippen LogP contribution is 2.42. The van der Waals surface area contributed by atoms with Crippen LogP contribution in [0.2, 0.25) is 0 Å². The molecule has 2 aromatic rings. The van der Waals surface area contributed by atoms with Crippen LogP contribution in [0.1, 0.15) is 35.2 Å². The summed E-state index contributed by atoms with van der Waals surface area (Å²) in [5.41, 5.74) is 2.37. The molecule has 0 spiro atoms. The number of ether oxygens (including phenoxy) is 1. The van der Waals surface area contributed by atoms with Crippen LogP contribution < -0.4 is 0 Å². The van der Waals surface area contributed by atoms with E-state index in [1.165, 1.54) is 22.3 Å². The minimum Gasteiger partial charge on any atom is -0.507 e. The third-order valence-corrected chi connectivity index (χ3v) is 6.91. The molecule has 36 heavy (non-hydrogen) atoms. The zero-order valence-corrected chi connectivity index (χ0v) is 19.5. The Morgan fingerprint density at radius 3 is 2.58 bits per heavy atom. The molecule has 0 saturated carbocycles. The van der Waals surface area contributed by atoms with Crippen molar-refractivity contribution in [3.63, 3.8) is 0 Å². The number of amides is 1. The van der Waals surface area contributed by atoms with Crippen LogP contribution in [0.3, 0.4) is 0 Å². The molecule has 2 atom stereocenters. The van der Waals surface area contributed by atoms with Crippen LogP contribution in [-0.2, 0) is 22.4 Å². The molecule has 1 unspecified atom stereocenters. The number of alkyl halides is 3. The van der Waals surface area contributed by atoms with E-state index in [0.29, 0.717) is 23.3 Å². The van der Waals surface area contributed by atoms with E-state index in [1.54, 1.807) is 18.2 Å². The Morgan fingerprint density at radius 2 is 1.81 bits per heavy atom. The first-order valence-corrected chi connectivity index (χ1v) is 11.6. The van der Waals surface area contributed by atoms with Gasteiger partial charge < -0.3 is 14.7 Å². The van der Waals surface area contributed by atoms with Crippen LogP contribution in [0.25, 0.3) is 0 Å². The number of nitrogens with zero attached hydrogens (tertiary/aromatic N) is 3. The number of hydrogen-bond acceptors (Lipinski definition) is 5. The monoisotopic (exact) mass is 503 g/mol. The van der Waals surface area contributed by atoms with Crippen LogP contribution in [0.4, 0.5) is 17.6 Å². The second-order valence-corrected chi connectivity index (χ2v) is 9.03. The first-order valence-electron chi connectivity index (χ1n) is 11.6. The molecule has 2 aliphatic heterocycles. The van der Waals surface area contributed by atoms with Gasteiger partial charge in [0.05, 0.1) is 19.3 Å². The van der Waals surface area contributed by atoms with Gasteiger partial charge in [0.15, 0.2) is 5.70 Å². The largest absolute Gasteiger partial charge is 0.507 e. The van der Waals surface area contributed by atoms with Gasteiger partial charge in [-0.25, -0.2) is 4.39 Å². The summed E-state index contributed by atoms with van der Waals surface area (Å²) in [6, 6.07) is 9.17. The van der Waals surface area contributed by atoms with Crippen LogP contribution in [-0.4, -0.2) is 58.0 Å². The number of hydrogen-bond donors (Lipinski definition) is 1. The minimum absolute atomic E-state index is 0.116. The van der Waals surface area contributed by atoms with E-state index in [2.05, 4.69) is 0 Å². The third kappa shape index (κ3) is 4.14. The van der Waals surface area contributed by atoms with E-state index in [4.69, 9.17) is 4.74 Å². The SMILES string of the molecule is C[C@@H](N1CN(C2c3ccccc3CCc3cccc(F)c32)N2/C=C\COCC(O)=C2C1=O)C(F)(F)F. The second-order valence-electron chi connectivity index (χ2n) is 9.03. The molecule has 3 aliphatic rings. The van der Waals surface area contributed by atoms with Gasteiger partial charge in [-0.15, -0.1) is 0 Å². The zero-order valence-electron chi connectivity index (χ0n) is 19.5. The summed E-state index contributed by atoms with van der Waals surface area (Å²) < 4.78 is 62.3. The van der Waals surface area contributed by atoms with Crippen molar-refractivity contribution in [2.75, 3.05) is 19.9 Å². The molecule has 2 heterocycles. The quantitative estimate of drug-likeness (QED) is 0.608. The highest BCUT2D eigenvalue weighted by atomic mass is 19.4. The number of benzene rings is 2. The standard InChI is InChI=1S/C26H25F4N3O3/c1-16(26(28,29)30)31-15-33(32-12-5-13-36-14-21(34)24(32)25(31)35)23-19-8-3-2-6-17(19)10-11-18-7-4-9-20(27)22(18)23/h2-9,12,16,23,34H,10-11,13-15H2,1H3/b12-5-,24-21?/t16-,23?/m1/s1. The molecular formula is C26H25F4N3O3. The molecule has 2 aromatic carbocycles. The van der Waals surface area contributed by atoms with Gasteiger partial charge >= 0.3 is 6.18 Å². The fourth-order valence-corrected chi connectivity index (χ4v) is 5.05. The van der Waals surface area contributed by atoms with E-state index in [1.807, 2.05) is 24.3 Å². The first-order chi connectivity index (χ1) is 17.2. The molecule has 0 bridgehead atoms. The Hall–Kier alpha value is -3.37. The molecule has 0 radical (unpaired) electrons. The van der Waals surface area contributed by atoms with E-state index < -0.39 is 42.4 Å². The molecule has 1 fully saturated rings. The summed E-state index contributed by atoms with van der Waals surface area (Å²) in [4.78, 5) is 14.0. The number of aryl methyl sites for hydroxylation is 2. The second kappa shape index (κ2) is 9.25. The third-order valence-electron chi connectivity index (χ3n) is 6.91. The molecular weight excluding hydrogens is 478 g/mol. The average Bonchev–Trinajstić information content (AvgIpc) is 2.99. The highest BCUT2D eigenvalue weighted by Gasteiger charge is 2.49. The predicted octanol–water partition coefficient (Wildman–Crippen LogP) is 4.60. The maximum absolute atomic E-state index is 15.5. The van der Waals surface area contributed by atoms with Gasteiger partial charge in [0.2, 0.25) is 0 Å². The Bertz CT molecular complexity index is 1240. The summed E-state index contributed by atoms with van der Waals surface area (Å²) in [7, 11) is 0. The topological polar surface area (TPSA) is 56.3 Å². The lowest BCUT2D eigenvalue weighted by Gasteiger charge is -2.49. The van der Waals surface area contributed by atoms with Gasteiger partial charge in [-0.2, -0.15) is 18.2 Å². The van der Waals surface area contributed by atoms with Gasteiger partial charge in [-0.05, 0) is 48.6 Å². The van der Waals surface area contributed by atoms with Gasteiger partial charge in [0.25, 0.3) is 5.91 Å². The Balaban J connectivity index is 1.75. The van der Waals surface area contributed by atoms with Crippen LogP contribution in [0, 0.1) is 5.82 Å². The van der Waals surface area contributed by atoms with E-state index in [9.17, 15) is 23.1 Å². The van der Waals surface area contributed by atoms with Gasteiger partial charge in [0.1, 0.15) is 24.2 Å². The molecule has 1 saturated heterocycles. The Kier molecular flexibility index (Phi) is 6.25. The van der Waals surface area contributed by atoms with Crippen molar-refractivity contribution in [2.24, 2.45) is 0 Å². The van der Waals surface area contributed by atoms with Crippen molar-refractivity contribution in [2.45, 2.75) is 38.0 Å². The van der Waals surface area contributed by atoms with Crippen molar-refractivity contribution < 1.29 is 32.2 Å². The van der Waals surface area contributed by atoms with Crippen molar-refractivity contribution in [1.82, 2.24) is 14.9 Å². The number of carbonyl (C=O) groups excluding carboxylic acids is 1. The maximum atomic E-state index is 15.5. The van der Waals surface area contributed by atoms with Crippen molar-refractivity contribution in [3.8, 4) is 0 Å². The smallest absolute Gasteiger partial charge is 0.408 e. The van der Waals surface area contributed by atoms with Crippen LogP contribution in [0.15, 0.2) is 66.2 Å².